The number of halogens is 4. The topological polar surface area (TPSA) is 29.5 Å². The molecule has 124 valence electrons. The summed E-state index contributed by atoms with van der Waals surface area (Å²) in [4.78, 5) is 13.2. The number of carbonyl (C=O) groups is 1. The maximum absolute atomic E-state index is 13.3. The molecule has 1 aliphatic heterocycles. The van der Waals surface area contributed by atoms with Gasteiger partial charge in [-0.1, -0.05) is 0 Å². The van der Waals surface area contributed by atoms with Gasteiger partial charge >= 0.3 is 12.1 Å². The Hall–Kier alpha value is -1.43. The Labute approximate surface area is 133 Å². The lowest BCUT2D eigenvalue weighted by Gasteiger charge is -2.37. The molecule has 0 saturated carbocycles. The monoisotopic (exact) mass is 337 g/mol. The molecule has 1 aliphatic rings. The van der Waals surface area contributed by atoms with Crippen molar-refractivity contribution in [3.8, 4) is 0 Å². The smallest absolute Gasteiger partial charge is 0.418 e. The first-order chi connectivity index (χ1) is 9.84. The van der Waals surface area contributed by atoms with Crippen molar-refractivity contribution >= 4 is 24.1 Å². The highest BCUT2D eigenvalue weighted by Gasteiger charge is 2.37. The van der Waals surface area contributed by atoms with E-state index in [0.717, 1.165) is 32.4 Å². The maximum atomic E-state index is 13.3. The molecule has 0 N–H and O–H groups in total. The molecule has 22 heavy (non-hydrogen) atoms. The molecule has 7 heteroatoms. The average Bonchev–Trinajstić information content (AvgIpc) is 2.45. The van der Waals surface area contributed by atoms with Crippen LogP contribution < -0.4 is 4.90 Å². The molecular weight excluding hydrogens is 319 g/mol. The molecule has 1 saturated heterocycles. The molecule has 1 aromatic rings. The van der Waals surface area contributed by atoms with Crippen LogP contribution in [0.2, 0.25) is 0 Å². The number of carbonyl (C=O) groups excluding carboxylic acids is 1. The van der Waals surface area contributed by atoms with E-state index in [1.54, 1.807) is 4.90 Å². The van der Waals surface area contributed by atoms with Gasteiger partial charge in [0.25, 0.3) is 0 Å². The number of esters is 1. The number of ether oxygens (including phenoxy) is 1. The van der Waals surface area contributed by atoms with Crippen molar-refractivity contribution < 1.29 is 22.7 Å². The second-order valence-electron chi connectivity index (χ2n) is 5.26. The van der Waals surface area contributed by atoms with Crippen LogP contribution in [0.4, 0.5) is 18.9 Å². The first-order valence-corrected chi connectivity index (χ1v) is 6.91. The number of alkyl halides is 3. The van der Waals surface area contributed by atoms with E-state index in [0.29, 0.717) is 6.54 Å². The number of rotatable bonds is 2. The zero-order valence-corrected chi connectivity index (χ0v) is 13.3. The SMILES string of the molecule is COC(=O)c1ccc(N2CCCCC2C)c(C(F)(F)F)c1.Cl. The minimum Gasteiger partial charge on any atom is -0.465 e. The molecule has 0 aromatic heterocycles. The van der Waals surface area contributed by atoms with Crippen molar-refractivity contribution in [2.75, 3.05) is 18.6 Å². The molecule has 3 nitrogen and oxygen atoms in total. The largest absolute Gasteiger partial charge is 0.465 e. The minimum atomic E-state index is -4.50. The van der Waals surface area contributed by atoms with Crippen LogP contribution >= 0.6 is 12.4 Å². The predicted molar refractivity (Wildman–Crippen MR) is 80.7 cm³/mol. The van der Waals surface area contributed by atoms with Crippen molar-refractivity contribution in [1.82, 2.24) is 0 Å². The lowest BCUT2D eigenvalue weighted by Crippen LogP contribution is -2.38. The number of nitrogens with zero attached hydrogens (tertiary/aromatic N) is 1. The lowest BCUT2D eigenvalue weighted by atomic mass is 9.99. The number of hydrogen-bond donors (Lipinski definition) is 0. The van der Waals surface area contributed by atoms with Gasteiger partial charge in [-0.05, 0) is 44.4 Å². The second kappa shape index (κ2) is 7.22. The van der Waals surface area contributed by atoms with E-state index < -0.39 is 17.7 Å². The molecule has 0 amide bonds. The summed E-state index contributed by atoms with van der Waals surface area (Å²) in [5, 5.41) is 0. The quantitative estimate of drug-likeness (QED) is 0.754. The van der Waals surface area contributed by atoms with Crippen LogP contribution in [0.15, 0.2) is 18.2 Å². The molecule has 1 aromatic carbocycles. The van der Waals surface area contributed by atoms with Crippen LogP contribution in [0.25, 0.3) is 0 Å². The Morgan fingerprint density at radius 3 is 2.55 bits per heavy atom. The number of piperidine rings is 1. The van der Waals surface area contributed by atoms with Gasteiger partial charge in [0.05, 0.1) is 18.2 Å². The molecule has 0 radical (unpaired) electrons. The first-order valence-electron chi connectivity index (χ1n) is 6.91. The van der Waals surface area contributed by atoms with Crippen molar-refractivity contribution in [2.24, 2.45) is 0 Å². The highest BCUT2D eigenvalue weighted by atomic mass is 35.5. The third-order valence-electron chi connectivity index (χ3n) is 3.84. The maximum Gasteiger partial charge on any atom is 0.418 e. The fourth-order valence-corrected chi connectivity index (χ4v) is 2.71. The van der Waals surface area contributed by atoms with Crippen molar-refractivity contribution in [3.63, 3.8) is 0 Å². The molecular formula is C15H19ClF3NO2. The van der Waals surface area contributed by atoms with E-state index in [9.17, 15) is 18.0 Å². The summed E-state index contributed by atoms with van der Waals surface area (Å²) < 4.78 is 44.4. The number of hydrogen-bond acceptors (Lipinski definition) is 3. The Morgan fingerprint density at radius 2 is 2.00 bits per heavy atom. The summed E-state index contributed by atoms with van der Waals surface area (Å²) in [5.74, 6) is -0.765. The molecule has 1 atom stereocenters. The summed E-state index contributed by atoms with van der Waals surface area (Å²) in [7, 11) is 1.15. The number of anilines is 1. The van der Waals surface area contributed by atoms with E-state index in [4.69, 9.17) is 0 Å². The van der Waals surface area contributed by atoms with Crippen molar-refractivity contribution in [2.45, 2.75) is 38.4 Å². The summed E-state index contributed by atoms with van der Waals surface area (Å²) in [6.45, 7) is 2.52. The fourth-order valence-electron chi connectivity index (χ4n) is 2.71. The fraction of sp³-hybridized carbons (Fsp3) is 0.533. The highest BCUT2D eigenvalue weighted by molar-refractivity contribution is 5.90. The molecule has 0 aliphatic carbocycles. The number of benzene rings is 1. The molecule has 2 rings (SSSR count). The van der Waals surface area contributed by atoms with Gasteiger partial charge in [0.2, 0.25) is 0 Å². The number of methoxy groups -OCH3 is 1. The molecule has 0 bridgehead atoms. The van der Waals surface area contributed by atoms with Gasteiger partial charge in [-0.25, -0.2) is 4.79 Å². The standard InChI is InChI=1S/C15H18F3NO2.ClH/c1-10-5-3-4-8-19(10)13-7-6-11(14(20)21-2)9-12(13)15(16,17)18;/h6-7,9-10H,3-5,8H2,1-2H3;1H. The van der Waals surface area contributed by atoms with Gasteiger partial charge in [0, 0.05) is 18.3 Å². The lowest BCUT2D eigenvalue weighted by molar-refractivity contribution is -0.137. The van der Waals surface area contributed by atoms with Crippen LogP contribution in [-0.2, 0) is 10.9 Å². The Bertz CT molecular complexity index is 534. The summed E-state index contributed by atoms with van der Waals surface area (Å²) in [6, 6.07) is 3.70. The zero-order chi connectivity index (χ0) is 15.6. The van der Waals surface area contributed by atoms with E-state index in [1.165, 1.54) is 12.1 Å². The van der Waals surface area contributed by atoms with Crippen LogP contribution in [-0.4, -0.2) is 25.7 Å². The van der Waals surface area contributed by atoms with Gasteiger partial charge in [-0.15, -0.1) is 12.4 Å². The summed E-state index contributed by atoms with van der Waals surface area (Å²) >= 11 is 0. The third kappa shape index (κ3) is 3.85. The van der Waals surface area contributed by atoms with E-state index in [-0.39, 0.29) is 29.7 Å². The third-order valence-corrected chi connectivity index (χ3v) is 3.84. The molecule has 1 unspecified atom stereocenters. The highest BCUT2D eigenvalue weighted by Crippen LogP contribution is 2.39. The first kappa shape index (κ1) is 18.6. The molecule has 1 fully saturated rings. The van der Waals surface area contributed by atoms with E-state index >= 15 is 0 Å². The van der Waals surface area contributed by atoms with Gasteiger partial charge in [-0.2, -0.15) is 13.2 Å². The second-order valence-corrected chi connectivity index (χ2v) is 5.26. The van der Waals surface area contributed by atoms with Crippen molar-refractivity contribution in [1.29, 1.82) is 0 Å². The molecule has 1 heterocycles. The van der Waals surface area contributed by atoms with Crippen molar-refractivity contribution in [3.05, 3.63) is 29.3 Å². The predicted octanol–water partition coefficient (Wildman–Crippen LogP) is 4.29. The van der Waals surface area contributed by atoms with E-state index in [2.05, 4.69) is 4.74 Å². The van der Waals surface area contributed by atoms with Gasteiger partial charge in [0.15, 0.2) is 0 Å². The Balaban J connectivity index is 0.00000242. The van der Waals surface area contributed by atoms with Crippen LogP contribution in [0.5, 0.6) is 0 Å². The van der Waals surface area contributed by atoms with Gasteiger partial charge in [0.1, 0.15) is 0 Å². The molecule has 0 spiro atoms. The summed E-state index contributed by atoms with van der Waals surface area (Å²) in [5.41, 5.74) is -0.722. The van der Waals surface area contributed by atoms with Gasteiger partial charge < -0.3 is 9.64 Å². The Morgan fingerprint density at radius 1 is 1.32 bits per heavy atom. The minimum absolute atomic E-state index is 0. The van der Waals surface area contributed by atoms with Crippen LogP contribution in [0, 0.1) is 0 Å². The van der Waals surface area contributed by atoms with Crippen LogP contribution in [0.1, 0.15) is 42.1 Å². The average molecular weight is 338 g/mol. The van der Waals surface area contributed by atoms with Crippen LogP contribution in [0.3, 0.4) is 0 Å². The summed E-state index contributed by atoms with van der Waals surface area (Å²) in [6.07, 6.45) is -1.73. The normalized spacial score (nSPS) is 18.6. The van der Waals surface area contributed by atoms with E-state index in [1.807, 2.05) is 6.92 Å². The van der Waals surface area contributed by atoms with Gasteiger partial charge in [-0.3, -0.25) is 0 Å². The zero-order valence-electron chi connectivity index (χ0n) is 12.4. The Kier molecular flexibility index (Phi) is 6.11.